The highest BCUT2D eigenvalue weighted by Gasteiger charge is 2.02. The molecule has 0 bridgehead atoms. The van der Waals surface area contributed by atoms with Gasteiger partial charge in [0.25, 0.3) is 0 Å². The van der Waals surface area contributed by atoms with Crippen LogP contribution >= 0.6 is 0 Å². The number of benzene rings is 1. The lowest BCUT2D eigenvalue weighted by molar-refractivity contribution is 0.100. The van der Waals surface area contributed by atoms with Gasteiger partial charge >= 0.3 is 0 Å². The Labute approximate surface area is 96.9 Å². The summed E-state index contributed by atoms with van der Waals surface area (Å²) in [6.45, 7) is 0. The van der Waals surface area contributed by atoms with E-state index >= 15 is 0 Å². The number of carbonyl (C=O) groups excluding carboxylic acids is 1. The molecule has 1 aromatic heterocycles. The minimum Gasteiger partial charge on any atom is -0.439 e. The molecule has 0 aliphatic heterocycles. The molecule has 2 N–H and O–H groups in total. The first-order valence-corrected chi connectivity index (χ1v) is 4.85. The number of amides is 1. The Hall–Kier alpha value is -2.43. The average molecular weight is 232 g/mol. The van der Waals surface area contributed by atoms with E-state index in [2.05, 4.69) is 4.98 Å². The number of carbonyl (C=O) groups is 1. The number of pyridine rings is 1. The van der Waals surface area contributed by atoms with Gasteiger partial charge in [-0.2, -0.15) is 9.37 Å². The zero-order chi connectivity index (χ0) is 12.3. The molecule has 0 saturated carbocycles. The van der Waals surface area contributed by atoms with E-state index in [9.17, 15) is 9.18 Å². The first kappa shape index (κ1) is 11.1. The molecule has 2 rings (SSSR count). The van der Waals surface area contributed by atoms with Crippen molar-refractivity contribution in [2.24, 2.45) is 5.73 Å². The van der Waals surface area contributed by atoms with Gasteiger partial charge in [0, 0.05) is 11.6 Å². The highest BCUT2D eigenvalue weighted by Crippen LogP contribution is 2.19. The van der Waals surface area contributed by atoms with Gasteiger partial charge in [-0.15, -0.1) is 0 Å². The maximum Gasteiger partial charge on any atom is 0.248 e. The SMILES string of the molecule is NC(=O)c1ccc(Oc2cccc(F)n2)cc1. The van der Waals surface area contributed by atoms with E-state index in [1.807, 2.05) is 0 Å². The van der Waals surface area contributed by atoms with Crippen LogP contribution < -0.4 is 10.5 Å². The first-order chi connectivity index (χ1) is 8.15. The van der Waals surface area contributed by atoms with Crippen LogP contribution in [-0.2, 0) is 0 Å². The molecule has 4 nitrogen and oxygen atoms in total. The highest BCUT2D eigenvalue weighted by atomic mass is 19.1. The van der Waals surface area contributed by atoms with Gasteiger partial charge in [0.1, 0.15) is 5.75 Å². The van der Waals surface area contributed by atoms with Crippen LogP contribution in [0.5, 0.6) is 11.6 Å². The summed E-state index contributed by atoms with van der Waals surface area (Å²) in [5.74, 6) is -0.526. The monoisotopic (exact) mass is 232 g/mol. The van der Waals surface area contributed by atoms with Gasteiger partial charge in [-0.3, -0.25) is 4.79 Å². The second-order valence-corrected chi connectivity index (χ2v) is 3.29. The fourth-order valence-corrected chi connectivity index (χ4v) is 1.25. The zero-order valence-electron chi connectivity index (χ0n) is 8.76. The zero-order valence-corrected chi connectivity index (χ0v) is 8.76. The molecular formula is C12H9FN2O2. The molecule has 2 aromatic rings. The second-order valence-electron chi connectivity index (χ2n) is 3.29. The maximum absolute atomic E-state index is 12.8. The summed E-state index contributed by atoms with van der Waals surface area (Å²) >= 11 is 0. The van der Waals surface area contributed by atoms with Gasteiger partial charge in [-0.1, -0.05) is 6.07 Å². The third kappa shape index (κ3) is 2.78. The van der Waals surface area contributed by atoms with Crippen LogP contribution in [0, 0.1) is 5.95 Å². The number of hydrogen-bond donors (Lipinski definition) is 1. The van der Waals surface area contributed by atoms with E-state index in [1.165, 1.54) is 30.3 Å². The largest absolute Gasteiger partial charge is 0.439 e. The van der Waals surface area contributed by atoms with Crippen molar-refractivity contribution in [1.29, 1.82) is 0 Å². The summed E-state index contributed by atoms with van der Waals surface area (Å²) in [4.78, 5) is 14.4. The fraction of sp³-hybridized carbons (Fsp3) is 0. The summed E-state index contributed by atoms with van der Waals surface area (Å²) in [7, 11) is 0. The molecule has 17 heavy (non-hydrogen) atoms. The molecule has 0 aliphatic rings. The third-order valence-electron chi connectivity index (χ3n) is 2.05. The molecule has 0 unspecified atom stereocenters. The number of halogens is 1. The predicted octanol–water partition coefficient (Wildman–Crippen LogP) is 2.11. The number of nitrogens with zero attached hydrogens (tertiary/aromatic N) is 1. The summed E-state index contributed by atoms with van der Waals surface area (Å²) in [6, 6.07) is 10.4. The van der Waals surface area contributed by atoms with Crippen LogP contribution in [0.2, 0.25) is 0 Å². The minimum absolute atomic E-state index is 0.150. The van der Waals surface area contributed by atoms with Gasteiger partial charge in [0.2, 0.25) is 17.7 Å². The summed E-state index contributed by atoms with van der Waals surface area (Å²) in [5.41, 5.74) is 5.47. The first-order valence-electron chi connectivity index (χ1n) is 4.85. The Morgan fingerprint density at radius 3 is 2.47 bits per heavy atom. The van der Waals surface area contributed by atoms with Crippen molar-refractivity contribution in [2.45, 2.75) is 0 Å². The summed E-state index contributed by atoms with van der Waals surface area (Å²) in [6.07, 6.45) is 0. The van der Waals surface area contributed by atoms with Crippen molar-refractivity contribution in [3.63, 3.8) is 0 Å². The lowest BCUT2D eigenvalue weighted by Crippen LogP contribution is -2.10. The molecule has 1 heterocycles. The van der Waals surface area contributed by atoms with Gasteiger partial charge < -0.3 is 10.5 Å². The topological polar surface area (TPSA) is 65.2 Å². The minimum atomic E-state index is -0.615. The van der Waals surface area contributed by atoms with Crippen LogP contribution in [0.25, 0.3) is 0 Å². The molecule has 5 heteroatoms. The van der Waals surface area contributed by atoms with Gasteiger partial charge in [-0.25, -0.2) is 0 Å². The lowest BCUT2D eigenvalue weighted by Gasteiger charge is -2.04. The van der Waals surface area contributed by atoms with Crippen molar-refractivity contribution in [2.75, 3.05) is 0 Å². The van der Waals surface area contributed by atoms with Gasteiger partial charge in [-0.05, 0) is 30.3 Å². The van der Waals surface area contributed by atoms with Crippen LogP contribution in [0.1, 0.15) is 10.4 Å². The second kappa shape index (κ2) is 4.61. The highest BCUT2D eigenvalue weighted by molar-refractivity contribution is 5.92. The molecule has 0 saturated heterocycles. The maximum atomic E-state index is 12.8. The van der Waals surface area contributed by atoms with Crippen molar-refractivity contribution in [3.05, 3.63) is 54.0 Å². The molecule has 0 atom stereocenters. The molecule has 1 amide bonds. The van der Waals surface area contributed by atoms with E-state index in [0.29, 0.717) is 11.3 Å². The number of hydrogen-bond acceptors (Lipinski definition) is 3. The fourth-order valence-electron chi connectivity index (χ4n) is 1.25. The smallest absolute Gasteiger partial charge is 0.248 e. The Balaban J connectivity index is 2.16. The van der Waals surface area contributed by atoms with Crippen LogP contribution in [-0.4, -0.2) is 10.9 Å². The molecule has 0 aliphatic carbocycles. The Morgan fingerprint density at radius 2 is 1.88 bits per heavy atom. The number of primary amides is 1. The normalized spacial score (nSPS) is 9.94. The van der Waals surface area contributed by atoms with Crippen molar-refractivity contribution in [1.82, 2.24) is 4.98 Å². The van der Waals surface area contributed by atoms with Crippen molar-refractivity contribution >= 4 is 5.91 Å². The van der Waals surface area contributed by atoms with Crippen LogP contribution in [0.4, 0.5) is 4.39 Å². The Kier molecular flexibility index (Phi) is 3.00. The number of ether oxygens (including phenoxy) is 1. The van der Waals surface area contributed by atoms with Gasteiger partial charge in [0.05, 0.1) is 0 Å². The molecule has 1 aromatic carbocycles. The third-order valence-corrected chi connectivity index (χ3v) is 2.05. The van der Waals surface area contributed by atoms with Crippen molar-refractivity contribution < 1.29 is 13.9 Å². The van der Waals surface area contributed by atoms with E-state index in [4.69, 9.17) is 10.5 Å². The Bertz CT molecular complexity index is 540. The molecule has 0 spiro atoms. The average Bonchev–Trinajstić information content (AvgIpc) is 2.29. The van der Waals surface area contributed by atoms with E-state index in [1.54, 1.807) is 12.1 Å². The molecule has 86 valence electrons. The van der Waals surface area contributed by atoms with Crippen molar-refractivity contribution in [3.8, 4) is 11.6 Å². The summed E-state index contributed by atoms with van der Waals surface area (Å²) < 4.78 is 18.1. The van der Waals surface area contributed by atoms with Gasteiger partial charge in [0.15, 0.2) is 0 Å². The quantitative estimate of drug-likeness (QED) is 0.824. The molecular weight excluding hydrogens is 223 g/mol. The number of aromatic nitrogens is 1. The van der Waals surface area contributed by atoms with E-state index in [-0.39, 0.29) is 5.88 Å². The lowest BCUT2D eigenvalue weighted by atomic mass is 10.2. The van der Waals surface area contributed by atoms with Crippen LogP contribution in [0.15, 0.2) is 42.5 Å². The molecule has 0 fully saturated rings. The predicted molar refractivity (Wildman–Crippen MR) is 59.2 cm³/mol. The van der Waals surface area contributed by atoms with E-state index < -0.39 is 11.9 Å². The summed E-state index contributed by atoms with van der Waals surface area (Å²) in [5, 5.41) is 0. The standard InChI is InChI=1S/C12H9FN2O2/c13-10-2-1-3-11(15-10)17-9-6-4-8(5-7-9)12(14)16/h1-7H,(H2,14,16). The van der Waals surface area contributed by atoms with Crippen LogP contribution in [0.3, 0.4) is 0 Å². The number of rotatable bonds is 3. The Morgan fingerprint density at radius 1 is 1.18 bits per heavy atom. The number of nitrogens with two attached hydrogens (primary N) is 1. The van der Waals surface area contributed by atoms with E-state index in [0.717, 1.165) is 0 Å². The molecule has 0 radical (unpaired) electrons.